The summed E-state index contributed by atoms with van der Waals surface area (Å²) in [5.74, 6) is -0.463. The van der Waals surface area contributed by atoms with Crippen molar-refractivity contribution in [1.82, 2.24) is 0 Å². The van der Waals surface area contributed by atoms with Gasteiger partial charge in [0.2, 0.25) is 0 Å². The molecule has 4 nitrogen and oxygen atoms in total. The van der Waals surface area contributed by atoms with Gasteiger partial charge in [-0.1, -0.05) is 6.92 Å². The van der Waals surface area contributed by atoms with E-state index in [1.807, 2.05) is 0 Å². The van der Waals surface area contributed by atoms with Gasteiger partial charge in [-0.05, 0) is 24.6 Å². The van der Waals surface area contributed by atoms with Crippen LogP contribution < -0.4 is 4.90 Å². The molecule has 0 fully saturated rings. The van der Waals surface area contributed by atoms with E-state index in [1.165, 1.54) is 0 Å². The Morgan fingerprint density at radius 3 is 2.60 bits per heavy atom. The maximum Gasteiger partial charge on any atom is 0.416 e. The zero-order chi connectivity index (χ0) is 15.1. The van der Waals surface area contributed by atoms with Gasteiger partial charge in [-0.25, -0.2) is 4.79 Å². The van der Waals surface area contributed by atoms with Crippen LogP contribution in [0.15, 0.2) is 18.2 Å². The fourth-order valence-corrected chi connectivity index (χ4v) is 2.34. The number of hydrogen-bond acceptors (Lipinski definition) is 2. The van der Waals surface area contributed by atoms with Crippen LogP contribution in [0.5, 0.6) is 0 Å². The van der Waals surface area contributed by atoms with Gasteiger partial charge in [-0.15, -0.1) is 0 Å². The van der Waals surface area contributed by atoms with E-state index in [0.29, 0.717) is 6.42 Å². The number of halogens is 3. The molecule has 0 unspecified atom stereocenters. The minimum atomic E-state index is -4.56. The minimum Gasteiger partial charge on any atom is -0.465 e. The number of carboxylic acid groups (broad SMARTS) is 1. The van der Waals surface area contributed by atoms with Gasteiger partial charge in [-0.2, -0.15) is 13.2 Å². The minimum absolute atomic E-state index is 0.0219. The second-order valence-electron chi connectivity index (χ2n) is 4.57. The average Bonchev–Trinajstić information content (AvgIpc) is 2.36. The van der Waals surface area contributed by atoms with Crippen LogP contribution in [0.2, 0.25) is 0 Å². The summed E-state index contributed by atoms with van der Waals surface area (Å²) in [6, 6.07) is 2.02. The highest BCUT2D eigenvalue weighted by molar-refractivity contribution is 6.08. The van der Waals surface area contributed by atoms with Gasteiger partial charge in [0.25, 0.3) is 0 Å². The lowest BCUT2D eigenvalue weighted by atomic mass is 9.92. The molecule has 0 radical (unpaired) electrons. The highest BCUT2D eigenvalue weighted by Gasteiger charge is 2.37. The second kappa shape index (κ2) is 4.81. The Kier molecular flexibility index (Phi) is 3.45. The number of carbonyl (C=O) groups is 2. The summed E-state index contributed by atoms with van der Waals surface area (Å²) in [6.45, 7) is 1.73. The van der Waals surface area contributed by atoms with Gasteiger partial charge in [0.1, 0.15) is 0 Å². The van der Waals surface area contributed by atoms with Gasteiger partial charge < -0.3 is 5.11 Å². The van der Waals surface area contributed by atoms with Crippen molar-refractivity contribution in [2.45, 2.75) is 32.0 Å². The third-order valence-electron chi connectivity index (χ3n) is 3.35. The normalized spacial score (nSPS) is 18.9. The third kappa shape index (κ3) is 2.35. The predicted octanol–water partition coefficient (Wildman–Crippen LogP) is 3.55. The van der Waals surface area contributed by atoms with E-state index in [2.05, 4.69) is 0 Å². The number of fused-ring (bicyclic) bond motifs is 1. The second-order valence-corrected chi connectivity index (χ2v) is 4.57. The molecule has 108 valence electrons. The molecule has 1 aromatic rings. The number of nitrogens with zero attached hydrogens (tertiary/aromatic N) is 1. The van der Waals surface area contributed by atoms with E-state index < -0.39 is 29.7 Å². The number of carbonyl (C=O) groups excluding carboxylic acids is 1. The van der Waals surface area contributed by atoms with Crippen LogP contribution in [0.1, 0.15) is 35.7 Å². The zero-order valence-electron chi connectivity index (χ0n) is 10.6. The molecule has 2 rings (SSSR count). The van der Waals surface area contributed by atoms with Gasteiger partial charge in [0, 0.05) is 18.0 Å². The summed E-state index contributed by atoms with van der Waals surface area (Å²) in [4.78, 5) is 24.2. The molecule has 0 saturated heterocycles. The molecule has 1 aromatic carbocycles. The van der Waals surface area contributed by atoms with E-state index in [9.17, 15) is 27.9 Å². The molecule has 1 aliphatic rings. The van der Waals surface area contributed by atoms with E-state index in [0.717, 1.165) is 23.1 Å². The number of rotatable bonds is 1. The first-order chi connectivity index (χ1) is 9.25. The van der Waals surface area contributed by atoms with Crippen LogP contribution in [-0.4, -0.2) is 23.0 Å². The van der Waals surface area contributed by atoms with Crippen molar-refractivity contribution in [2.75, 3.05) is 4.90 Å². The smallest absolute Gasteiger partial charge is 0.416 e. The number of anilines is 1. The van der Waals surface area contributed by atoms with E-state index in [-0.39, 0.29) is 17.7 Å². The zero-order valence-corrected chi connectivity index (χ0v) is 10.6. The molecule has 1 N–H and O–H groups in total. The molecule has 1 amide bonds. The fourth-order valence-electron chi connectivity index (χ4n) is 2.34. The topological polar surface area (TPSA) is 57.6 Å². The third-order valence-corrected chi connectivity index (χ3v) is 3.35. The molecular weight excluding hydrogens is 275 g/mol. The maximum absolute atomic E-state index is 12.6. The number of hydrogen-bond donors (Lipinski definition) is 1. The summed E-state index contributed by atoms with van der Waals surface area (Å²) in [7, 11) is 0. The maximum atomic E-state index is 12.6. The summed E-state index contributed by atoms with van der Waals surface area (Å²) < 4.78 is 37.9. The Labute approximate surface area is 112 Å². The van der Waals surface area contributed by atoms with Crippen molar-refractivity contribution < 1.29 is 27.9 Å². The van der Waals surface area contributed by atoms with Crippen molar-refractivity contribution >= 4 is 17.6 Å². The standard InChI is InChI=1S/C13H12F3NO3/c1-2-8-6-11(18)9-5-7(13(14,15)16)3-4-10(9)17(8)12(19)20/h3-5,8H,2,6H2,1H3,(H,19,20)/t8-/m0/s1. The first-order valence-corrected chi connectivity index (χ1v) is 6.02. The molecule has 0 spiro atoms. The lowest BCUT2D eigenvalue weighted by Gasteiger charge is -2.34. The Balaban J connectivity index is 2.57. The monoisotopic (exact) mass is 287 g/mol. The van der Waals surface area contributed by atoms with Crippen LogP contribution in [-0.2, 0) is 6.18 Å². The van der Waals surface area contributed by atoms with Gasteiger partial charge in [0.05, 0.1) is 11.3 Å². The highest BCUT2D eigenvalue weighted by Crippen LogP contribution is 2.37. The van der Waals surface area contributed by atoms with Crippen LogP contribution >= 0.6 is 0 Å². The molecule has 0 aliphatic carbocycles. The van der Waals surface area contributed by atoms with Gasteiger partial charge in [0.15, 0.2) is 5.78 Å². The number of amides is 1. The van der Waals surface area contributed by atoms with Crippen molar-refractivity contribution in [2.24, 2.45) is 0 Å². The summed E-state index contributed by atoms with van der Waals surface area (Å²) in [5.41, 5.74) is -1.12. The molecular formula is C13H12F3NO3. The number of ketones is 1. The first-order valence-electron chi connectivity index (χ1n) is 6.02. The summed E-state index contributed by atoms with van der Waals surface area (Å²) in [6.07, 6.45) is -5.52. The Bertz CT molecular complexity index is 568. The lowest BCUT2D eigenvalue weighted by Crippen LogP contribution is -2.44. The van der Waals surface area contributed by atoms with Crippen LogP contribution in [0.4, 0.5) is 23.7 Å². The Morgan fingerprint density at radius 1 is 1.45 bits per heavy atom. The molecule has 1 heterocycles. The quantitative estimate of drug-likeness (QED) is 0.859. The van der Waals surface area contributed by atoms with Crippen molar-refractivity contribution in [3.05, 3.63) is 29.3 Å². The van der Waals surface area contributed by atoms with Crippen LogP contribution in [0.25, 0.3) is 0 Å². The number of alkyl halides is 3. The lowest BCUT2D eigenvalue weighted by molar-refractivity contribution is -0.137. The van der Waals surface area contributed by atoms with Crippen LogP contribution in [0, 0.1) is 0 Å². The molecule has 0 bridgehead atoms. The fraction of sp³-hybridized carbons (Fsp3) is 0.385. The molecule has 1 atom stereocenters. The summed E-state index contributed by atoms with van der Waals surface area (Å²) >= 11 is 0. The largest absolute Gasteiger partial charge is 0.465 e. The van der Waals surface area contributed by atoms with Crippen molar-refractivity contribution in [3.8, 4) is 0 Å². The number of Topliss-reactive ketones (excluding diaryl/α,β-unsaturated/α-hetero) is 1. The first kappa shape index (κ1) is 14.4. The molecule has 0 aromatic heterocycles. The molecule has 1 aliphatic heterocycles. The molecule has 0 saturated carbocycles. The molecule has 20 heavy (non-hydrogen) atoms. The van der Waals surface area contributed by atoms with E-state index in [4.69, 9.17) is 0 Å². The Morgan fingerprint density at radius 2 is 2.10 bits per heavy atom. The SMILES string of the molecule is CC[C@H]1CC(=O)c2cc(C(F)(F)F)ccc2N1C(=O)O. The molecule has 7 heteroatoms. The van der Waals surface area contributed by atoms with Crippen LogP contribution in [0.3, 0.4) is 0 Å². The average molecular weight is 287 g/mol. The van der Waals surface area contributed by atoms with Gasteiger partial charge in [-0.3, -0.25) is 9.69 Å². The predicted molar refractivity (Wildman–Crippen MR) is 65.0 cm³/mol. The Hall–Kier alpha value is -2.05. The van der Waals surface area contributed by atoms with Gasteiger partial charge >= 0.3 is 12.3 Å². The highest BCUT2D eigenvalue weighted by atomic mass is 19.4. The van der Waals surface area contributed by atoms with Crippen molar-refractivity contribution in [1.29, 1.82) is 0 Å². The van der Waals surface area contributed by atoms with Crippen molar-refractivity contribution in [3.63, 3.8) is 0 Å². The summed E-state index contributed by atoms with van der Waals surface area (Å²) in [5, 5.41) is 9.19. The van der Waals surface area contributed by atoms with E-state index in [1.54, 1.807) is 6.92 Å². The van der Waals surface area contributed by atoms with E-state index >= 15 is 0 Å². The number of benzene rings is 1.